The van der Waals surface area contributed by atoms with Crippen LogP contribution in [0.25, 0.3) is 0 Å². The highest BCUT2D eigenvalue weighted by Crippen LogP contribution is 2.45. The maximum atomic E-state index is 13.7. The Hall–Kier alpha value is -2.18. The van der Waals surface area contributed by atoms with E-state index in [1.54, 1.807) is 12.1 Å². The molecule has 1 aromatic rings. The zero-order chi connectivity index (χ0) is 18.5. The number of alkyl halides is 2. The van der Waals surface area contributed by atoms with Crippen molar-refractivity contribution >= 4 is 11.8 Å². The number of benzene rings is 1. The largest absolute Gasteiger partial charge is 0.493 e. The van der Waals surface area contributed by atoms with Crippen molar-refractivity contribution in [1.82, 2.24) is 4.90 Å². The van der Waals surface area contributed by atoms with Crippen molar-refractivity contribution < 1.29 is 23.1 Å². The molecule has 3 aliphatic rings. The smallest absolute Gasteiger partial charge is 0.267 e. The summed E-state index contributed by atoms with van der Waals surface area (Å²) >= 11 is 0. The summed E-state index contributed by atoms with van der Waals surface area (Å²) in [6, 6.07) is 3.83. The first-order valence-corrected chi connectivity index (χ1v) is 9.09. The van der Waals surface area contributed by atoms with E-state index in [0.29, 0.717) is 24.2 Å². The zero-order valence-electron chi connectivity index (χ0n) is 14.4. The molecular weight excluding hydrogens is 342 g/mol. The van der Waals surface area contributed by atoms with E-state index in [0.717, 1.165) is 36.1 Å². The minimum absolute atomic E-state index is 0.254. The van der Waals surface area contributed by atoms with Crippen LogP contribution in [0.4, 0.5) is 8.78 Å². The predicted molar refractivity (Wildman–Crippen MR) is 90.2 cm³/mol. The lowest BCUT2D eigenvalue weighted by Crippen LogP contribution is -2.43. The minimum Gasteiger partial charge on any atom is -0.493 e. The Bertz CT molecular complexity index is 744. The molecule has 0 bridgehead atoms. The van der Waals surface area contributed by atoms with Gasteiger partial charge in [-0.3, -0.25) is 9.59 Å². The number of ether oxygens (including phenoxy) is 1. The van der Waals surface area contributed by atoms with Crippen molar-refractivity contribution in [3.63, 3.8) is 0 Å². The molecule has 2 saturated carbocycles. The summed E-state index contributed by atoms with van der Waals surface area (Å²) in [6.45, 7) is -0.175. The average Bonchev–Trinajstić information content (AvgIpc) is 3.49. The molecule has 140 valence electrons. The highest BCUT2D eigenvalue weighted by Gasteiger charge is 2.49. The van der Waals surface area contributed by atoms with Crippen LogP contribution < -0.4 is 10.5 Å². The molecule has 1 aromatic carbocycles. The van der Waals surface area contributed by atoms with Crippen molar-refractivity contribution in [2.75, 3.05) is 13.2 Å². The Morgan fingerprint density at radius 1 is 1.23 bits per heavy atom. The Balaban J connectivity index is 1.58. The molecule has 2 aliphatic carbocycles. The molecule has 26 heavy (non-hydrogen) atoms. The summed E-state index contributed by atoms with van der Waals surface area (Å²) in [7, 11) is 0. The predicted octanol–water partition coefficient (Wildman–Crippen LogP) is 2.69. The van der Waals surface area contributed by atoms with Gasteiger partial charge in [0.05, 0.1) is 13.2 Å². The van der Waals surface area contributed by atoms with Crippen molar-refractivity contribution in [3.8, 4) is 5.75 Å². The topological polar surface area (TPSA) is 72.6 Å². The van der Waals surface area contributed by atoms with Crippen molar-refractivity contribution in [3.05, 3.63) is 29.3 Å². The van der Waals surface area contributed by atoms with E-state index in [1.807, 2.05) is 6.07 Å². The van der Waals surface area contributed by atoms with E-state index in [9.17, 15) is 18.4 Å². The third-order valence-electron chi connectivity index (χ3n) is 5.31. The monoisotopic (exact) mass is 364 g/mol. The second-order valence-electron chi connectivity index (χ2n) is 7.69. The molecule has 2 N–H and O–H groups in total. The number of nitrogens with two attached hydrogens (primary N) is 1. The lowest BCUT2D eigenvalue weighted by Gasteiger charge is -2.22. The third-order valence-corrected chi connectivity index (χ3v) is 5.31. The van der Waals surface area contributed by atoms with E-state index >= 15 is 0 Å². The summed E-state index contributed by atoms with van der Waals surface area (Å²) in [5.41, 5.74) is 6.55. The van der Waals surface area contributed by atoms with Crippen molar-refractivity contribution in [2.24, 2.45) is 11.7 Å². The number of carbonyl (C=O) groups is 2. The van der Waals surface area contributed by atoms with Crippen LogP contribution in [0.15, 0.2) is 18.2 Å². The molecule has 1 heterocycles. The van der Waals surface area contributed by atoms with E-state index < -0.39 is 36.7 Å². The first-order valence-electron chi connectivity index (χ1n) is 9.09. The summed E-state index contributed by atoms with van der Waals surface area (Å²) in [5, 5.41) is 0. The number of likely N-dealkylation sites (tertiary alicyclic amines) is 1. The summed E-state index contributed by atoms with van der Waals surface area (Å²) < 4.78 is 33.4. The van der Waals surface area contributed by atoms with Crippen LogP contribution in [0.3, 0.4) is 0 Å². The van der Waals surface area contributed by atoms with Gasteiger partial charge >= 0.3 is 0 Å². The fraction of sp³-hybridized carbons (Fsp3) is 0.579. The number of amides is 2. The molecule has 0 spiro atoms. The molecular formula is C19H22F2N2O3. The quantitative estimate of drug-likeness (QED) is 0.843. The van der Waals surface area contributed by atoms with Crippen molar-refractivity contribution in [1.29, 1.82) is 0 Å². The fourth-order valence-corrected chi connectivity index (χ4v) is 3.47. The van der Waals surface area contributed by atoms with E-state index in [-0.39, 0.29) is 5.56 Å². The fourth-order valence-electron chi connectivity index (χ4n) is 3.47. The highest BCUT2D eigenvalue weighted by molar-refractivity contribution is 5.98. The Labute approximate surface area is 150 Å². The van der Waals surface area contributed by atoms with Gasteiger partial charge in [0, 0.05) is 12.0 Å². The molecule has 3 fully saturated rings. The number of nitrogens with zero attached hydrogens (tertiary/aromatic N) is 1. The SMILES string of the molecule is NC(=O)[C@@H]1CC(F)(F)CN1C(=O)c1ccc(C2CC2)c(OCC2CC2)c1. The average molecular weight is 364 g/mol. The molecule has 7 heteroatoms. The number of hydrogen-bond donors (Lipinski definition) is 1. The van der Waals surface area contributed by atoms with E-state index in [2.05, 4.69) is 0 Å². The van der Waals surface area contributed by atoms with Gasteiger partial charge in [0.1, 0.15) is 11.8 Å². The van der Waals surface area contributed by atoms with Crippen LogP contribution in [0, 0.1) is 5.92 Å². The molecule has 1 aliphatic heterocycles. The number of rotatable bonds is 6. The zero-order valence-corrected chi connectivity index (χ0v) is 14.4. The van der Waals surface area contributed by atoms with Gasteiger partial charge in [-0.25, -0.2) is 8.78 Å². The third kappa shape index (κ3) is 3.52. The minimum atomic E-state index is -3.10. The van der Waals surface area contributed by atoms with Crippen LogP contribution in [0.1, 0.15) is 53.9 Å². The second kappa shape index (κ2) is 6.21. The molecule has 5 nitrogen and oxygen atoms in total. The highest BCUT2D eigenvalue weighted by atomic mass is 19.3. The van der Waals surface area contributed by atoms with Gasteiger partial charge in [-0.15, -0.1) is 0 Å². The van der Waals surface area contributed by atoms with Gasteiger partial charge < -0.3 is 15.4 Å². The Morgan fingerprint density at radius 3 is 2.58 bits per heavy atom. The molecule has 1 saturated heterocycles. The van der Waals surface area contributed by atoms with Crippen molar-refractivity contribution in [2.45, 2.75) is 50.0 Å². The molecule has 0 unspecified atom stereocenters. The maximum Gasteiger partial charge on any atom is 0.267 e. The van der Waals surface area contributed by atoms with Crippen LogP contribution in [0.5, 0.6) is 5.75 Å². The van der Waals surface area contributed by atoms with Gasteiger partial charge in [-0.05, 0) is 55.2 Å². The number of carbonyl (C=O) groups excluding carboxylic acids is 2. The summed E-state index contributed by atoms with van der Waals surface area (Å²) in [4.78, 5) is 25.2. The Morgan fingerprint density at radius 2 is 1.96 bits per heavy atom. The molecule has 4 rings (SSSR count). The molecule has 0 radical (unpaired) electrons. The van der Waals surface area contributed by atoms with E-state index in [4.69, 9.17) is 10.5 Å². The standard InChI is InChI=1S/C19H22F2N2O3/c20-19(21)8-15(17(22)24)23(10-19)18(25)13-5-6-14(12-3-4-12)16(7-13)26-9-11-1-2-11/h5-7,11-12,15H,1-4,8-10H2,(H2,22,24)/t15-/m0/s1. The lowest BCUT2D eigenvalue weighted by molar-refractivity contribution is -0.121. The Kier molecular flexibility index (Phi) is 4.12. The van der Waals surface area contributed by atoms with Gasteiger partial charge in [0.25, 0.3) is 11.8 Å². The van der Waals surface area contributed by atoms with Gasteiger partial charge in [-0.2, -0.15) is 0 Å². The maximum absolute atomic E-state index is 13.7. The van der Waals surface area contributed by atoms with Crippen LogP contribution in [-0.4, -0.2) is 41.8 Å². The number of primary amides is 1. The molecule has 0 aromatic heterocycles. The van der Waals surface area contributed by atoms with Gasteiger partial charge in [0.15, 0.2) is 0 Å². The number of hydrogen-bond acceptors (Lipinski definition) is 3. The van der Waals surface area contributed by atoms with Gasteiger partial charge in [0.2, 0.25) is 5.91 Å². The second-order valence-corrected chi connectivity index (χ2v) is 7.69. The normalized spacial score (nSPS) is 24.5. The first-order chi connectivity index (χ1) is 12.3. The van der Waals surface area contributed by atoms with Crippen LogP contribution >= 0.6 is 0 Å². The van der Waals surface area contributed by atoms with E-state index in [1.165, 1.54) is 0 Å². The van der Waals surface area contributed by atoms with Gasteiger partial charge in [-0.1, -0.05) is 6.07 Å². The molecule has 1 atom stereocenters. The summed E-state index contributed by atoms with van der Waals surface area (Å²) in [5.74, 6) is -2.94. The first kappa shape index (κ1) is 17.2. The van der Waals surface area contributed by atoms with Crippen LogP contribution in [-0.2, 0) is 4.79 Å². The summed E-state index contributed by atoms with van der Waals surface area (Å²) in [6.07, 6.45) is 3.77. The lowest BCUT2D eigenvalue weighted by atomic mass is 10.0. The molecule has 2 amide bonds. The van der Waals surface area contributed by atoms with Crippen LogP contribution in [0.2, 0.25) is 0 Å². The number of halogens is 2.